The predicted octanol–water partition coefficient (Wildman–Crippen LogP) is 3.37. The van der Waals surface area contributed by atoms with E-state index in [1.54, 1.807) is 6.07 Å². The molecule has 0 saturated carbocycles. The predicted molar refractivity (Wildman–Crippen MR) is 126 cm³/mol. The number of carbonyl (C=O) groups excluding carboxylic acids is 1. The van der Waals surface area contributed by atoms with Gasteiger partial charge in [-0.2, -0.15) is 0 Å². The van der Waals surface area contributed by atoms with Crippen molar-refractivity contribution in [2.75, 3.05) is 30.2 Å². The van der Waals surface area contributed by atoms with E-state index in [4.69, 9.17) is 0 Å². The summed E-state index contributed by atoms with van der Waals surface area (Å²) in [5.41, 5.74) is 4.57. The van der Waals surface area contributed by atoms with Crippen LogP contribution in [0.25, 0.3) is 0 Å². The van der Waals surface area contributed by atoms with Gasteiger partial charge in [-0.05, 0) is 68.1 Å². The topological polar surface area (TPSA) is 69.7 Å². The molecule has 0 radical (unpaired) electrons. The van der Waals surface area contributed by atoms with E-state index in [1.807, 2.05) is 38.1 Å². The lowest BCUT2D eigenvalue weighted by molar-refractivity contribution is -0.119. The van der Waals surface area contributed by atoms with Crippen LogP contribution >= 0.6 is 0 Å². The Hall–Kier alpha value is -2.38. The number of nitrogens with zero attached hydrogens (tertiary/aromatic N) is 2. The van der Waals surface area contributed by atoms with Gasteiger partial charge in [0.25, 0.3) is 0 Å². The molecule has 31 heavy (non-hydrogen) atoms. The summed E-state index contributed by atoms with van der Waals surface area (Å²) in [5.74, 6) is -0.330. The lowest BCUT2D eigenvalue weighted by Gasteiger charge is -2.26. The lowest BCUT2D eigenvalue weighted by atomic mass is 10.1. The summed E-state index contributed by atoms with van der Waals surface area (Å²) in [6, 6.07) is 13.9. The monoisotopic (exact) mass is 443 g/mol. The van der Waals surface area contributed by atoms with Crippen LogP contribution in [0.4, 0.5) is 5.69 Å². The summed E-state index contributed by atoms with van der Waals surface area (Å²) in [7, 11) is -3.59. The maximum absolute atomic E-state index is 12.5. The van der Waals surface area contributed by atoms with Gasteiger partial charge in [0, 0.05) is 13.1 Å². The molecule has 1 aliphatic heterocycles. The van der Waals surface area contributed by atoms with Gasteiger partial charge in [-0.1, -0.05) is 42.8 Å². The zero-order valence-electron chi connectivity index (χ0n) is 18.7. The molecule has 1 fully saturated rings. The average Bonchev–Trinajstić information content (AvgIpc) is 2.73. The van der Waals surface area contributed by atoms with Crippen LogP contribution in [0.2, 0.25) is 0 Å². The Morgan fingerprint density at radius 1 is 1.00 bits per heavy atom. The van der Waals surface area contributed by atoms with Crippen LogP contribution in [0.5, 0.6) is 0 Å². The van der Waals surface area contributed by atoms with Gasteiger partial charge < -0.3 is 5.32 Å². The van der Waals surface area contributed by atoms with Crippen molar-refractivity contribution in [1.82, 2.24) is 10.2 Å². The Morgan fingerprint density at radius 3 is 2.29 bits per heavy atom. The van der Waals surface area contributed by atoms with E-state index in [0.717, 1.165) is 42.6 Å². The van der Waals surface area contributed by atoms with Crippen molar-refractivity contribution in [2.24, 2.45) is 0 Å². The Kier molecular flexibility index (Phi) is 7.73. The van der Waals surface area contributed by atoms with Crippen molar-refractivity contribution in [2.45, 2.75) is 46.2 Å². The standard InChI is InChI=1S/C24H33N3O3S/c1-19-7-8-20(2)23(15-19)27(31(3,29)30)18-24(28)25-16-21-9-11-22(12-10-21)17-26-13-5-4-6-14-26/h7-12,15H,4-6,13-14,16-18H2,1-3H3,(H,25,28). The SMILES string of the molecule is Cc1ccc(C)c(N(CC(=O)NCc2ccc(CN3CCCCC3)cc2)S(C)(=O)=O)c1. The second-order valence-electron chi connectivity index (χ2n) is 8.49. The number of sulfonamides is 1. The molecule has 1 aliphatic rings. The van der Waals surface area contributed by atoms with Gasteiger partial charge in [-0.15, -0.1) is 0 Å². The van der Waals surface area contributed by atoms with E-state index in [-0.39, 0.29) is 12.5 Å². The number of nitrogens with one attached hydrogen (secondary N) is 1. The van der Waals surface area contributed by atoms with E-state index in [1.165, 1.54) is 29.1 Å². The van der Waals surface area contributed by atoms with Gasteiger partial charge in [-0.25, -0.2) is 8.42 Å². The molecule has 3 rings (SSSR count). The van der Waals surface area contributed by atoms with E-state index in [2.05, 4.69) is 22.3 Å². The molecule has 6 nitrogen and oxygen atoms in total. The first-order chi connectivity index (χ1) is 14.7. The van der Waals surface area contributed by atoms with E-state index >= 15 is 0 Å². The summed E-state index contributed by atoms with van der Waals surface area (Å²) in [6.07, 6.45) is 5.01. The highest BCUT2D eigenvalue weighted by molar-refractivity contribution is 7.92. The Morgan fingerprint density at radius 2 is 1.65 bits per heavy atom. The van der Waals surface area contributed by atoms with Crippen molar-refractivity contribution in [3.05, 3.63) is 64.7 Å². The van der Waals surface area contributed by atoms with Crippen molar-refractivity contribution in [1.29, 1.82) is 0 Å². The van der Waals surface area contributed by atoms with Crippen molar-refractivity contribution in [3.63, 3.8) is 0 Å². The first-order valence-corrected chi connectivity index (χ1v) is 12.7. The molecule has 1 amide bonds. The highest BCUT2D eigenvalue weighted by Crippen LogP contribution is 2.23. The number of piperidine rings is 1. The van der Waals surface area contributed by atoms with Crippen LogP contribution in [0, 0.1) is 13.8 Å². The summed E-state index contributed by atoms with van der Waals surface area (Å²) in [4.78, 5) is 15.0. The highest BCUT2D eigenvalue weighted by atomic mass is 32.2. The molecule has 0 aromatic heterocycles. The van der Waals surface area contributed by atoms with Crippen molar-refractivity contribution in [3.8, 4) is 0 Å². The van der Waals surface area contributed by atoms with Gasteiger partial charge in [-0.3, -0.25) is 14.0 Å². The first-order valence-electron chi connectivity index (χ1n) is 10.8. The maximum Gasteiger partial charge on any atom is 0.241 e. The third-order valence-corrected chi connectivity index (χ3v) is 6.81. The number of benzene rings is 2. The number of anilines is 1. The van der Waals surface area contributed by atoms with Gasteiger partial charge in [0.2, 0.25) is 15.9 Å². The van der Waals surface area contributed by atoms with Crippen molar-refractivity contribution >= 4 is 21.6 Å². The third kappa shape index (κ3) is 6.80. The Labute approximate surface area is 186 Å². The maximum atomic E-state index is 12.5. The van der Waals surface area contributed by atoms with Crippen LogP contribution < -0.4 is 9.62 Å². The number of likely N-dealkylation sites (tertiary alicyclic amines) is 1. The molecular formula is C24H33N3O3S. The van der Waals surface area contributed by atoms with Crippen LogP contribution in [0.1, 0.15) is 41.5 Å². The average molecular weight is 444 g/mol. The molecule has 1 saturated heterocycles. The van der Waals surface area contributed by atoms with Crippen molar-refractivity contribution < 1.29 is 13.2 Å². The summed E-state index contributed by atoms with van der Waals surface area (Å²) in [5, 5.41) is 2.85. The molecule has 0 unspecified atom stereocenters. The van der Waals surface area contributed by atoms with E-state index < -0.39 is 10.0 Å². The third-order valence-electron chi connectivity index (χ3n) is 5.69. The molecule has 0 atom stereocenters. The van der Waals surface area contributed by atoms with Crippen LogP contribution in [0.15, 0.2) is 42.5 Å². The molecule has 2 aromatic rings. The molecule has 0 aliphatic carbocycles. The van der Waals surface area contributed by atoms with Gasteiger partial charge >= 0.3 is 0 Å². The molecular weight excluding hydrogens is 410 g/mol. The van der Waals surface area contributed by atoms with E-state index in [0.29, 0.717) is 12.2 Å². The number of rotatable bonds is 8. The number of hydrogen-bond donors (Lipinski definition) is 1. The molecule has 2 aromatic carbocycles. The normalized spacial score (nSPS) is 14.9. The number of carbonyl (C=O) groups is 1. The molecule has 168 valence electrons. The number of amides is 1. The van der Waals surface area contributed by atoms with Gasteiger partial charge in [0.15, 0.2) is 0 Å². The summed E-state index contributed by atoms with van der Waals surface area (Å²) in [6.45, 7) is 7.16. The molecule has 1 N–H and O–H groups in total. The minimum atomic E-state index is -3.59. The van der Waals surface area contributed by atoms with Crippen LogP contribution in [0.3, 0.4) is 0 Å². The number of hydrogen-bond acceptors (Lipinski definition) is 4. The quantitative estimate of drug-likeness (QED) is 0.679. The van der Waals surface area contributed by atoms with Gasteiger partial charge in [0.1, 0.15) is 6.54 Å². The van der Waals surface area contributed by atoms with E-state index in [9.17, 15) is 13.2 Å². The smallest absolute Gasteiger partial charge is 0.241 e. The fraction of sp³-hybridized carbons (Fsp3) is 0.458. The largest absolute Gasteiger partial charge is 0.350 e. The minimum absolute atomic E-state index is 0.240. The number of aryl methyl sites for hydroxylation is 2. The zero-order chi connectivity index (χ0) is 22.4. The molecule has 7 heteroatoms. The molecule has 1 heterocycles. The fourth-order valence-corrected chi connectivity index (χ4v) is 4.80. The van der Waals surface area contributed by atoms with Crippen LogP contribution in [-0.2, 0) is 27.9 Å². The fourth-order valence-electron chi connectivity index (χ4n) is 3.89. The first kappa shape index (κ1) is 23.3. The second kappa shape index (κ2) is 10.3. The molecule has 0 bridgehead atoms. The summed E-state index contributed by atoms with van der Waals surface area (Å²) < 4.78 is 25.9. The van der Waals surface area contributed by atoms with Gasteiger partial charge in [0.05, 0.1) is 11.9 Å². The lowest BCUT2D eigenvalue weighted by Crippen LogP contribution is -2.40. The second-order valence-corrected chi connectivity index (χ2v) is 10.4. The Balaban J connectivity index is 1.58. The minimum Gasteiger partial charge on any atom is -0.350 e. The highest BCUT2D eigenvalue weighted by Gasteiger charge is 2.22. The Bertz CT molecular complexity index is 997. The van der Waals surface area contributed by atoms with Crippen LogP contribution in [-0.4, -0.2) is 45.1 Å². The summed E-state index contributed by atoms with van der Waals surface area (Å²) >= 11 is 0. The molecule has 0 spiro atoms. The zero-order valence-corrected chi connectivity index (χ0v) is 19.5.